The largest absolute Gasteiger partial charge is 0.455 e. The van der Waals surface area contributed by atoms with Gasteiger partial charge in [0.25, 0.3) is 0 Å². The zero-order valence-corrected chi connectivity index (χ0v) is 30.6. The highest BCUT2D eigenvalue weighted by Crippen LogP contribution is 2.59. The molecule has 2 aliphatic heterocycles. The Morgan fingerprint density at radius 1 is 1.13 bits per heavy atom. The first kappa shape index (κ1) is 39.2. The van der Waals surface area contributed by atoms with Crippen molar-refractivity contribution in [3.8, 4) is 0 Å². The molecule has 5 rings (SSSR count). The molecular formula is C36H53F3N2O5S. The molecule has 1 N–H and O–H groups in total. The second-order valence-corrected chi connectivity index (χ2v) is 16.2. The number of halogens is 3. The van der Waals surface area contributed by atoms with E-state index in [1.807, 2.05) is 39.5 Å². The summed E-state index contributed by atoms with van der Waals surface area (Å²) < 4.78 is 58.4. The Balaban J connectivity index is 0.000000592. The zero-order chi connectivity index (χ0) is 35.5. The van der Waals surface area contributed by atoms with Gasteiger partial charge in [-0.1, -0.05) is 68.7 Å². The maximum absolute atomic E-state index is 13.3. The number of nitrogens with zero attached hydrogens (tertiary/aromatic N) is 2. The van der Waals surface area contributed by atoms with Gasteiger partial charge in [0.15, 0.2) is 0 Å². The normalized spacial score (nSPS) is 22.8. The molecular weight excluding hydrogens is 629 g/mol. The third-order valence-corrected chi connectivity index (χ3v) is 9.75. The minimum atomic E-state index is -4.51. The van der Waals surface area contributed by atoms with Gasteiger partial charge in [0.1, 0.15) is 12.2 Å². The lowest BCUT2D eigenvalue weighted by Crippen LogP contribution is -2.39. The van der Waals surface area contributed by atoms with Crippen LogP contribution in [0.2, 0.25) is 0 Å². The Labute approximate surface area is 282 Å². The molecule has 0 amide bonds. The Morgan fingerprint density at radius 2 is 1.70 bits per heavy atom. The van der Waals surface area contributed by atoms with E-state index in [1.165, 1.54) is 19.4 Å². The highest BCUT2D eigenvalue weighted by atomic mass is 32.2. The van der Waals surface area contributed by atoms with Crippen LogP contribution < -0.4 is 0 Å². The van der Waals surface area contributed by atoms with Gasteiger partial charge in [-0.3, -0.25) is 14.8 Å². The minimum Gasteiger partial charge on any atom is -0.455 e. The summed E-state index contributed by atoms with van der Waals surface area (Å²) in [5.74, 6) is -0.535. The molecule has 1 saturated heterocycles. The fraction of sp³-hybridized carbons (Fsp3) is 0.694. The standard InChI is InChI=1S/C28H33F3N2O5.C5H12S.C3H8/c1-14(2)22-20-21(19-18(35)12-26(4,5)25(23(19)33-22)37-15(3)34)27(8-10-36-11-9-27)38-24(20)17-7-6-16(13-32-17)28(29,30)31;1-5(2,3)6-4;1-3-2/h6-7,13-14,18,24-25,35H,8-12H2,1-5H3;1-4H3;3H2,1-2H3/t18-,24+,25+;;/m0../s1. The number of ether oxygens (including phenoxy) is 3. The Morgan fingerprint density at radius 3 is 2.15 bits per heavy atom. The number of aromatic nitrogens is 2. The molecule has 11 heteroatoms. The minimum absolute atomic E-state index is 0.0928. The smallest absolute Gasteiger partial charge is 0.417 e. The maximum atomic E-state index is 13.3. The first-order valence-corrected chi connectivity index (χ1v) is 17.7. The summed E-state index contributed by atoms with van der Waals surface area (Å²) in [4.78, 5) is 21.3. The van der Waals surface area contributed by atoms with Crippen LogP contribution in [-0.2, 0) is 30.8 Å². The molecule has 4 heterocycles. The van der Waals surface area contributed by atoms with Crippen LogP contribution in [-0.4, -0.2) is 45.3 Å². The van der Waals surface area contributed by atoms with Gasteiger partial charge in [-0.25, -0.2) is 0 Å². The topological polar surface area (TPSA) is 90.8 Å². The maximum Gasteiger partial charge on any atom is 0.417 e. The van der Waals surface area contributed by atoms with Crippen LogP contribution in [0, 0.1) is 5.41 Å². The van der Waals surface area contributed by atoms with Gasteiger partial charge in [-0.2, -0.15) is 24.9 Å². The first-order valence-electron chi connectivity index (χ1n) is 16.5. The Hall–Kier alpha value is -2.21. The van der Waals surface area contributed by atoms with Crippen molar-refractivity contribution in [1.29, 1.82) is 0 Å². The van der Waals surface area contributed by atoms with E-state index in [0.29, 0.717) is 59.9 Å². The summed E-state index contributed by atoms with van der Waals surface area (Å²) in [6.45, 7) is 20.9. The molecule has 1 aliphatic carbocycles. The van der Waals surface area contributed by atoms with Gasteiger partial charge >= 0.3 is 12.1 Å². The molecule has 1 fully saturated rings. The SMILES string of the molecule is CC(=O)O[C@@H]1c2nc(C(C)C)c3c(c2[C@@H](O)CC1(C)C)C1(CCOCC1)O[C@@H]3c1ccc(C(F)(F)F)cn1.CCC.CSC(C)(C)C. The summed E-state index contributed by atoms with van der Waals surface area (Å²) >= 11 is 1.88. The average Bonchev–Trinajstić information content (AvgIpc) is 3.28. The third kappa shape index (κ3) is 8.88. The van der Waals surface area contributed by atoms with Gasteiger partial charge < -0.3 is 19.3 Å². The third-order valence-electron chi connectivity index (χ3n) is 8.53. The number of alkyl halides is 3. The van der Waals surface area contributed by atoms with E-state index in [2.05, 4.69) is 45.9 Å². The molecule has 3 atom stereocenters. The number of hydrogen-bond donors (Lipinski definition) is 1. The van der Waals surface area contributed by atoms with Gasteiger partial charge in [0.05, 0.1) is 28.7 Å². The highest BCUT2D eigenvalue weighted by molar-refractivity contribution is 7.99. The zero-order valence-electron chi connectivity index (χ0n) is 29.8. The van der Waals surface area contributed by atoms with E-state index in [0.717, 1.165) is 23.4 Å². The molecule has 0 bridgehead atoms. The predicted octanol–water partition coefficient (Wildman–Crippen LogP) is 9.38. The van der Waals surface area contributed by atoms with Crippen LogP contribution in [0.1, 0.15) is 158 Å². The molecule has 0 unspecified atom stereocenters. The van der Waals surface area contributed by atoms with Crippen molar-refractivity contribution < 1.29 is 37.3 Å². The number of fused-ring (bicyclic) bond motifs is 4. The quantitative estimate of drug-likeness (QED) is 0.321. The highest BCUT2D eigenvalue weighted by Gasteiger charge is 2.55. The number of aliphatic hydroxyl groups excluding tert-OH is 1. The van der Waals surface area contributed by atoms with E-state index in [9.17, 15) is 23.1 Å². The average molecular weight is 683 g/mol. The molecule has 2 aromatic heterocycles. The van der Waals surface area contributed by atoms with Crippen molar-refractivity contribution >= 4 is 17.7 Å². The van der Waals surface area contributed by atoms with E-state index in [4.69, 9.17) is 19.2 Å². The number of pyridine rings is 2. The van der Waals surface area contributed by atoms with Crippen molar-refractivity contribution in [2.45, 2.75) is 136 Å². The molecule has 264 valence electrons. The van der Waals surface area contributed by atoms with E-state index in [1.54, 1.807) is 0 Å². The van der Waals surface area contributed by atoms with E-state index < -0.39 is 47.0 Å². The number of aliphatic hydroxyl groups is 1. The van der Waals surface area contributed by atoms with Gasteiger partial charge in [0.2, 0.25) is 0 Å². The number of hydrogen-bond acceptors (Lipinski definition) is 8. The van der Waals surface area contributed by atoms with Crippen LogP contribution in [0.25, 0.3) is 0 Å². The van der Waals surface area contributed by atoms with Crippen LogP contribution >= 0.6 is 11.8 Å². The van der Waals surface area contributed by atoms with Crippen molar-refractivity contribution in [3.63, 3.8) is 0 Å². The predicted molar refractivity (Wildman–Crippen MR) is 179 cm³/mol. The fourth-order valence-corrected chi connectivity index (χ4v) is 6.19. The van der Waals surface area contributed by atoms with Crippen molar-refractivity contribution in [1.82, 2.24) is 9.97 Å². The summed E-state index contributed by atoms with van der Waals surface area (Å²) in [5.41, 5.74) is 1.40. The monoisotopic (exact) mass is 682 g/mol. The van der Waals surface area contributed by atoms with Crippen LogP contribution in [0.15, 0.2) is 18.3 Å². The number of esters is 1. The van der Waals surface area contributed by atoms with Crippen LogP contribution in [0.5, 0.6) is 0 Å². The van der Waals surface area contributed by atoms with Gasteiger partial charge in [-0.05, 0) is 36.3 Å². The van der Waals surface area contributed by atoms with E-state index >= 15 is 0 Å². The first-order chi connectivity index (χ1) is 21.7. The second kappa shape index (κ2) is 15.1. The molecule has 0 radical (unpaired) electrons. The van der Waals surface area contributed by atoms with Crippen molar-refractivity contribution in [3.05, 3.63) is 57.7 Å². The van der Waals surface area contributed by atoms with Gasteiger partial charge in [-0.15, -0.1) is 0 Å². The summed E-state index contributed by atoms with van der Waals surface area (Å²) in [7, 11) is 0. The lowest BCUT2D eigenvalue weighted by Gasteiger charge is -2.43. The Kier molecular flexibility index (Phi) is 12.6. The summed E-state index contributed by atoms with van der Waals surface area (Å²) in [5, 5.41) is 11.5. The van der Waals surface area contributed by atoms with Crippen LogP contribution in [0.3, 0.4) is 0 Å². The fourth-order valence-electron chi connectivity index (χ4n) is 6.19. The summed E-state index contributed by atoms with van der Waals surface area (Å²) in [6.07, 6.45) is -1.31. The molecule has 2 aromatic rings. The molecule has 47 heavy (non-hydrogen) atoms. The number of rotatable bonds is 3. The van der Waals surface area contributed by atoms with Crippen molar-refractivity contribution in [2.75, 3.05) is 19.5 Å². The van der Waals surface area contributed by atoms with E-state index in [-0.39, 0.29) is 5.92 Å². The van der Waals surface area contributed by atoms with Gasteiger partial charge in [0, 0.05) is 66.2 Å². The molecule has 3 aliphatic rings. The Bertz CT molecular complexity index is 1370. The van der Waals surface area contributed by atoms with Crippen molar-refractivity contribution in [2.24, 2.45) is 5.41 Å². The lowest BCUT2D eigenvalue weighted by atomic mass is 9.68. The number of carbonyl (C=O) groups is 1. The number of thioether (sulfide) groups is 1. The number of carbonyl (C=O) groups excluding carboxylic acids is 1. The van der Waals surface area contributed by atoms with Crippen LogP contribution in [0.4, 0.5) is 13.2 Å². The molecule has 0 aromatic carbocycles. The molecule has 0 saturated carbocycles. The molecule has 7 nitrogen and oxygen atoms in total. The summed E-state index contributed by atoms with van der Waals surface area (Å²) in [6, 6.07) is 2.36. The lowest BCUT2D eigenvalue weighted by molar-refractivity contribution is -0.157. The molecule has 1 spiro atoms. The second-order valence-electron chi connectivity index (χ2n) is 14.5.